The van der Waals surface area contributed by atoms with E-state index in [-0.39, 0.29) is 0 Å². The fourth-order valence-electron chi connectivity index (χ4n) is 1.40. The lowest BCUT2D eigenvalue weighted by Gasteiger charge is -2.03. The Morgan fingerprint density at radius 2 is 2.12 bits per heavy atom. The first-order chi connectivity index (χ1) is 8.19. The highest BCUT2D eigenvalue weighted by molar-refractivity contribution is 7.18. The van der Waals surface area contributed by atoms with Gasteiger partial charge in [-0.1, -0.05) is 23.5 Å². The first-order valence-corrected chi connectivity index (χ1v) is 6.25. The van der Waals surface area contributed by atoms with Gasteiger partial charge in [-0.3, -0.25) is 0 Å². The van der Waals surface area contributed by atoms with Crippen molar-refractivity contribution in [2.24, 2.45) is 0 Å². The van der Waals surface area contributed by atoms with Crippen molar-refractivity contribution in [1.82, 2.24) is 10.2 Å². The Kier molecular flexibility index (Phi) is 3.58. The summed E-state index contributed by atoms with van der Waals surface area (Å²) in [5, 5.41) is 13.2. The first kappa shape index (κ1) is 11.9. The minimum absolute atomic E-state index is 0.362. The van der Waals surface area contributed by atoms with Crippen molar-refractivity contribution < 1.29 is 4.74 Å². The molecule has 0 aliphatic carbocycles. The van der Waals surface area contributed by atoms with E-state index in [1.54, 1.807) is 18.4 Å². The smallest absolute Gasteiger partial charge is 0.206 e. The third-order valence-electron chi connectivity index (χ3n) is 2.15. The quantitative estimate of drug-likeness (QED) is 0.904. The molecule has 1 N–H and O–H groups in total. The highest BCUT2D eigenvalue weighted by Crippen LogP contribution is 2.28. The lowest BCUT2D eigenvalue weighted by Crippen LogP contribution is -2.08. The number of aromatic nitrogens is 2. The van der Waals surface area contributed by atoms with Gasteiger partial charge in [0.05, 0.1) is 7.11 Å². The molecule has 0 fully saturated rings. The molecule has 0 saturated carbocycles. The summed E-state index contributed by atoms with van der Waals surface area (Å²) in [5.74, 6) is 0.830. The SMILES string of the molecule is COc1cccc(-c2nnc(NC(C)C)s2)c1. The summed E-state index contributed by atoms with van der Waals surface area (Å²) in [7, 11) is 1.66. The van der Waals surface area contributed by atoms with E-state index in [1.807, 2.05) is 24.3 Å². The van der Waals surface area contributed by atoms with Gasteiger partial charge in [0.2, 0.25) is 5.13 Å². The maximum Gasteiger partial charge on any atom is 0.206 e. The van der Waals surface area contributed by atoms with Crippen LogP contribution in [0.2, 0.25) is 0 Å². The van der Waals surface area contributed by atoms with E-state index in [0.717, 1.165) is 21.5 Å². The van der Waals surface area contributed by atoms with E-state index < -0.39 is 0 Å². The first-order valence-electron chi connectivity index (χ1n) is 5.43. The number of nitrogens with zero attached hydrogens (tertiary/aromatic N) is 2. The van der Waals surface area contributed by atoms with Crippen LogP contribution in [0.1, 0.15) is 13.8 Å². The van der Waals surface area contributed by atoms with E-state index in [0.29, 0.717) is 6.04 Å². The van der Waals surface area contributed by atoms with E-state index in [1.165, 1.54) is 0 Å². The molecule has 17 heavy (non-hydrogen) atoms. The number of methoxy groups -OCH3 is 1. The summed E-state index contributed by atoms with van der Waals surface area (Å²) in [6.07, 6.45) is 0. The normalized spacial score (nSPS) is 10.6. The van der Waals surface area contributed by atoms with Crippen molar-refractivity contribution in [2.45, 2.75) is 19.9 Å². The summed E-state index contributed by atoms with van der Waals surface area (Å²) in [5.41, 5.74) is 1.03. The largest absolute Gasteiger partial charge is 0.497 e. The molecule has 0 spiro atoms. The summed E-state index contributed by atoms with van der Waals surface area (Å²) >= 11 is 1.54. The van der Waals surface area contributed by atoms with Crippen LogP contribution in [0.15, 0.2) is 24.3 Å². The van der Waals surface area contributed by atoms with Crippen molar-refractivity contribution in [3.8, 4) is 16.3 Å². The Hall–Kier alpha value is -1.62. The molecule has 0 saturated heterocycles. The number of benzene rings is 1. The summed E-state index contributed by atoms with van der Waals surface area (Å²) in [4.78, 5) is 0. The molecule has 2 rings (SSSR count). The van der Waals surface area contributed by atoms with Crippen molar-refractivity contribution in [1.29, 1.82) is 0 Å². The van der Waals surface area contributed by atoms with Crippen LogP contribution in [-0.2, 0) is 0 Å². The van der Waals surface area contributed by atoms with Crippen LogP contribution in [-0.4, -0.2) is 23.3 Å². The second kappa shape index (κ2) is 5.14. The van der Waals surface area contributed by atoms with Gasteiger partial charge in [0.25, 0.3) is 0 Å². The van der Waals surface area contributed by atoms with Crippen molar-refractivity contribution in [3.05, 3.63) is 24.3 Å². The van der Waals surface area contributed by atoms with E-state index in [9.17, 15) is 0 Å². The Balaban J connectivity index is 2.24. The molecule has 0 aliphatic heterocycles. The van der Waals surface area contributed by atoms with Gasteiger partial charge in [-0.2, -0.15) is 0 Å². The molecule has 0 aliphatic rings. The fraction of sp³-hybridized carbons (Fsp3) is 0.333. The number of rotatable bonds is 4. The zero-order chi connectivity index (χ0) is 12.3. The number of hydrogen-bond donors (Lipinski definition) is 1. The van der Waals surface area contributed by atoms with Crippen LogP contribution >= 0.6 is 11.3 Å². The Bertz CT molecular complexity index is 496. The molecule has 2 aromatic rings. The van der Waals surface area contributed by atoms with Crippen LogP contribution in [0.3, 0.4) is 0 Å². The van der Waals surface area contributed by atoms with E-state index in [2.05, 4.69) is 29.4 Å². The Morgan fingerprint density at radius 1 is 1.29 bits per heavy atom. The van der Waals surface area contributed by atoms with E-state index >= 15 is 0 Å². The van der Waals surface area contributed by atoms with Gasteiger partial charge in [0.1, 0.15) is 10.8 Å². The molecule has 1 heterocycles. The average Bonchev–Trinajstić information content (AvgIpc) is 2.77. The molecular formula is C12H15N3OS. The third kappa shape index (κ3) is 2.94. The van der Waals surface area contributed by atoms with E-state index in [4.69, 9.17) is 4.74 Å². The van der Waals surface area contributed by atoms with Crippen molar-refractivity contribution in [2.75, 3.05) is 12.4 Å². The molecule has 4 nitrogen and oxygen atoms in total. The highest BCUT2D eigenvalue weighted by atomic mass is 32.1. The number of ether oxygens (including phenoxy) is 1. The summed E-state index contributed by atoms with van der Waals surface area (Å²) < 4.78 is 5.19. The third-order valence-corrected chi connectivity index (χ3v) is 3.06. The highest BCUT2D eigenvalue weighted by Gasteiger charge is 2.07. The van der Waals surface area contributed by atoms with Crippen LogP contribution in [0.5, 0.6) is 5.75 Å². The molecule has 90 valence electrons. The van der Waals surface area contributed by atoms with Crippen molar-refractivity contribution >= 4 is 16.5 Å². The Labute approximate surface area is 105 Å². The van der Waals surface area contributed by atoms with Gasteiger partial charge in [0.15, 0.2) is 0 Å². The standard InChI is InChI=1S/C12H15N3OS/c1-8(2)13-12-15-14-11(17-12)9-5-4-6-10(7-9)16-3/h4-8H,1-3H3,(H,13,15). The minimum atomic E-state index is 0.362. The zero-order valence-corrected chi connectivity index (χ0v) is 10.9. The fourth-order valence-corrected chi connectivity index (χ4v) is 2.29. The van der Waals surface area contributed by atoms with Gasteiger partial charge in [-0.05, 0) is 26.0 Å². The van der Waals surface area contributed by atoms with Crippen LogP contribution in [0.4, 0.5) is 5.13 Å². The predicted octanol–water partition coefficient (Wildman–Crippen LogP) is 3.03. The predicted molar refractivity (Wildman–Crippen MR) is 70.7 cm³/mol. The zero-order valence-electron chi connectivity index (χ0n) is 10.1. The van der Waals surface area contributed by atoms with Gasteiger partial charge in [0, 0.05) is 11.6 Å². The maximum atomic E-state index is 5.19. The molecule has 0 unspecified atom stereocenters. The molecule has 1 aromatic heterocycles. The molecule has 0 bridgehead atoms. The second-order valence-corrected chi connectivity index (χ2v) is 4.92. The number of hydrogen-bond acceptors (Lipinski definition) is 5. The number of nitrogens with one attached hydrogen (secondary N) is 1. The molecule has 0 amide bonds. The molecule has 5 heteroatoms. The van der Waals surface area contributed by atoms with Crippen LogP contribution < -0.4 is 10.1 Å². The Morgan fingerprint density at radius 3 is 2.82 bits per heavy atom. The minimum Gasteiger partial charge on any atom is -0.497 e. The lowest BCUT2D eigenvalue weighted by atomic mass is 10.2. The maximum absolute atomic E-state index is 5.19. The van der Waals surface area contributed by atoms with Gasteiger partial charge < -0.3 is 10.1 Å². The number of anilines is 1. The lowest BCUT2D eigenvalue weighted by molar-refractivity contribution is 0.415. The van der Waals surface area contributed by atoms with Crippen LogP contribution in [0.25, 0.3) is 10.6 Å². The average molecular weight is 249 g/mol. The monoisotopic (exact) mass is 249 g/mol. The van der Waals surface area contributed by atoms with Gasteiger partial charge in [-0.25, -0.2) is 0 Å². The van der Waals surface area contributed by atoms with Crippen LogP contribution in [0, 0.1) is 0 Å². The van der Waals surface area contributed by atoms with Gasteiger partial charge >= 0.3 is 0 Å². The molecule has 0 atom stereocenters. The van der Waals surface area contributed by atoms with Crippen molar-refractivity contribution in [3.63, 3.8) is 0 Å². The van der Waals surface area contributed by atoms with Gasteiger partial charge in [-0.15, -0.1) is 10.2 Å². The topological polar surface area (TPSA) is 47.0 Å². The molecular weight excluding hydrogens is 234 g/mol. The second-order valence-electron chi connectivity index (χ2n) is 3.94. The summed E-state index contributed by atoms with van der Waals surface area (Å²) in [6, 6.07) is 8.19. The molecule has 1 aromatic carbocycles. The summed E-state index contributed by atoms with van der Waals surface area (Å²) in [6.45, 7) is 4.15. The molecule has 0 radical (unpaired) electrons.